The molecule has 0 spiro atoms. The molecule has 0 amide bonds. The molecule has 16 heavy (non-hydrogen) atoms. The molecule has 1 unspecified atom stereocenters. The van der Waals surface area contributed by atoms with Crippen molar-refractivity contribution in [3.63, 3.8) is 0 Å². The van der Waals surface area contributed by atoms with Gasteiger partial charge in [-0.2, -0.15) is 4.39 Å². The van der Waals surface area contributed by atoms with E-state index in [1.54, 1.807) is 0 Å². The molecule has 0 aromatic heterocycles. The molecule has 1 atom stereocenters. The van der Waals surface area contributed by atoms with Crippen molar-refractivity contribution in [1.29, 1.82) is 0 Å². The van der Waals surface area contributed by atoms with Crippen LogP contribution in [-0.4, -0.2) is 23.6 Å². The summed E-state index contributed by atoms with van der Waals surface area (Å²) >= 11 is 5.47. The molecule has 0 bridgehead atoms. The third-order valence-corrected chi connectivity index (χ3v) is 1.92. The Morgan fingerprint density at radius 3 is 2.06 bits per heavy atom. The molecule has 0 aromatic carbocycles. The highest BCUT2D eigenvalue weighted by atomic mass is 35.5. The highest BCUT2D eigenvalue weighted by molar-refractivity contribution is 6.18. The van der Waals surface area contributed by atoms with Crippen LogP contribution in [-0.2, 0) is 19.1 Å². The molecule has 0 N–H and O–H groups in total. The largest absolute Gasteiger partial charge is 0.418 e. The molecule has 0 aromatic rings. The quantitative estimate of drug-likeness (QED) is 0.324. The molecule has 6 heteroatoms. The predicted octanol–water partition coefficient (Wildman–Crippen LogP) is 2.09. The van der Waals surface area contributed by atoms with Crippen molar-refractivity contribution in [3.05, 3.63) is 24.6 Å². The minimum atomic E-state index is -1.75. The van der Waals surface area contributed by atoms with Gasteiger partial charge in [-0.25, -0.2) is 9.59 Å². The van der Waals surface area contributed by atoms with Gasteiger partial charge in [-0.1, -0.05) is 13.2 Å². The summed E-state index contributed by atoms with van der Waals surface area (Å²) in [6.07, 6.45) is 0. The van der Waals surface area contributed by atoms with Gasteiger partial charge in [0.1, 0.15) is 0 Å². The van der Waals surface area contributed by atoms with Crippen molar-refractivity contribution in [3.8, 4) is 0 Å². The van der Waals surface area contributed by atoms with E-state index in [4.69, 9.17) is 16.3 Å². The van der Waals surface area contributed by atoms with E-state index in [1.165, 1.54) is 13.8 Å². The normalized spacial score (nSPS) is 13.5. The maximum atomic E-state index is 12.4. The number of carbonyl (C=O) groups excluding carboxylic acids is 2. The van der Waals surface area contributed by atoms with E-state index in [-0.39, 0.29) is 11.5 Å². The van der Waals surface area contributed by atoms with Gasteiger partial charge in [0, 0.05) is 12.5 Å². The average molecular weight is 251 g/mol. The van der Waals surface area contributed by atoms with E-state index in [9.17, 15) is 14.0 Å². The van der Waals surface area contributed by atoms with Crippen LogP contribution in [0.3, 0.4) is 0 Å². The second-order valence-electron chi connectivity index (χ2n) is 3.23. The number of carbonyl (C=O) groups is 2. The molecule has 0 saturated heterocycles. The SMILES string of the molecule is C=C(C)C(=O)OC(C)(CCl)OC(=O)C(=C)F. The summed E-state index contributed by atoms with van der Waals surface area (Å²) < 4.78 is 21.7. The number of ether oxygens (including phenoxy) is 2. The number of halogens is 2. The molecular weight excluding hydrogens is 239 g/mol. The van der Waals surface area contributed by atoms with Crippen LogP contribution in [0.4, 0.5) is 4.39 Å². The first-order valence-corrected chi connectivity index (χ1v) is 4.78. The Bertz CT molecular complexity index is 310. The molecule has 0 fully saturated rings. The molecule has 0 heterocycles. The molecule has 0 saturated carbocycles. The Kier molecular flexibility index (Phi) is 5.17. The Hall–Kier alpha value is -1.36. The van der Waals surface area contributed by atoms with Gasteiger partial charge < -0.3 is 9.47 Å². The van der Waals surface area contributed by atoms with Crippen LogP contribution < -0.4 is 0 Å². The second kappa shape index (κ2) is 5.65. The first kappa shape index (κ1) is 14.6. The maximum absolute atomic E-state index is 12.4. The van der Waals surface area contributed by atoms with Crippen molar-refractivity contribution in [1.82, 2.24) is 0 Å². The van der Waals surface area contributed by atoms with Crippen LogP contribution in [0.1, 0.15) is 13.8 Å². The van der Waals surface area contributed by atoms with Gasteiger partial charge in [0.25, 0.3) is 5.79 Å². The average Bonchev–Trinajstić information content (AvgIpc) is 2.17. The lowest BCUT2D eigenvalue weighted by Crippen LogP contribution is -2.39. The lowest BCUT2D eigenvalue weighted by atomic mass is 10.3. The number of hydrogen-bond acceptors (Lipinski definition) is 4. The van der Waals surface area contributed by atoms with Gasteiger partial charge in [-0.15, -0.1) is 11.6 Å². The smallest absolute Gasteiger partial charge is 0.369 e. The second-order valence-corrected chi connectivity index (χ2v) is 3.50. The fraction of sp³-hybridized carbons (Fsp3) is 0.400. The fourth-order valence-electron chi connectivity index (χ4n) is 0.610. The first-order valence-electron chi connectivity index (χ1n) is 4.24. The van der Waals surface area contributed by atoms with Crippen LogP contribution in [0.25, 0.3) is 0 Å². The van der Waals surface area contributed by atoms with Gasteiger partial charge >= 0.3 is 11.9 Å². The molecule has 0 aliphatic carbocycles. The van der Waals surface area contributed by atoms with Crippen LogP contribution >= 0.6 is 11.6 Å². The molecule has 4 nitrogen and oxygen atoms in total. The van der Waals surface area contributed by atoms with E-state index in [2.05, 4.69) is 17.9 Å². The van der Waals surface area contributed by atoms with Crippen LogP contribution in [0, 0.1) is 0 Å². The number of esters is 2. The summed E-state index contributed by atoms with van der Waals surface area (Å²) in [6.45, 7) is 8.72. The molecule has 90 valence electrons. The minimum absolute atomic E-state index is 0.103. The van der Waals surface area contributed by atoms with Crippen molar-refractivity contribution < 1.29 is 23.5 Å². The standard InChI is InChI=1S/C10H12ClFO4/c1-6(2)8(13)15-10(4,5-11)16-9(14)7(3)12/h1,3,5H2,2,4H3. The summed E-state index contributed by atoms with van der Waals surface area (Å²) in [6, 6.07) is 0. The zero-order valence-electron chi connectivity index (χ0n) is 9.01. The summed E-state index contributed by atoms with van der Waals surface area (Å²) in [4.78, 5) is 22.1. The zero-order valence-corrected chi connectivity index (χ0v) is 9.77. The topological polar surface area (TPSA) is 52.6 Å². The van der Waals surface area contributed by atoms with Crippen molar-refractivity contribution in [2.24, 2.45) is 0 Å². The summed E-state index contributed by atoms with van der Waals surface area (Å²) in [5.41, 5.74) is 0.103. The number of hydrogen-bond donors (Lipinski definition) is 0. The molecule has 0 radical (unpaired) electrons. The van der Waals surface area contributed by atoms with Gasteiger partial charge in [0.15, 0.2) is 0 Å². The highest BCUT2D eigenvalue weighted by Crippen LogP contribution is 2.18. The third kappa shape index (κ3) is 4.44. The van der Waals surface area contributed by atoms with Crippen molar-refractivity contribution in [2.45, 2.75) is 19.6 Å². The highest BCUT2D eigenvalue weighted by Gasteiger charge is 2.33. The Morgan fingerprint density at radius 2 is 1.75 bits per heavy atom. The molecule has 0 rings (SSSR count). The van der Waals surface area contributed by atoms with Crippen molar-refractivity contribution >= 4 is 23.5 Å². The number of alkyl halides is 1. The Morgan fingerprint density at radius 1 is 1.31 bits per heavy atom. The zero-order chi connectivity index (χ0) is 12.9. The first-order chi connectivity index (χ1) is 7.22. The van der Waals surface area contributed by atoms with Crippen LogP contribution in [0.5, 0.6) is 0 Å². The van der Waals surface area contributed by atoms with Crippen molar-refractivity contribution in [2.75, 3.05) is 5.88 Å². The van der Waals surface area contributed by atoms with E-state index in [0.717, 1.165) is 0 Å². The number of rotatable bonds is 5. The lowest BCUT2D eigenvalue weighted by molar-refractivity contribution is -0.210. The van der Waals surface area contributed by atoms with Gasteiger partial charge in [0.05, 0.1) is 5.88 Å². The maximum Gasteiger partial charge on any atom is 0.369 e. The van der Waals surface area contributed by atoms with E-state index >= 15 is 0 Å². The summed E-state index contributed by atoms with van der Waals surface area (Å²) in [5.74, 6) is -5.52. The van der Waals surface area contributed by atoms with E-state index in [0.29, 0.717) is 0 Å². The molecule has 0 aliphatic rings. The predicted molar refractivity (Wildman–Crippen MR) is 56.4 cm³/mol. The minimum Gasteiger partial charge on any atom is -0.418 e. The van der Waals surface area contributed by atoms with Gasteiger partial charge in [0.2, 0.25) is 5.83 Å². The van der Waals surface area contributed by atoms with Crippen LogP contribution in [0.15, 0.2) is 24.6 Å². The monoisotopic (exact) mass is 250 g/mol. The fourth-order valence-corrected chi connectivity index (χ4v) is 0.719. The van der Waals surface area contributed by atoms with Gasteiger partial charge in [-0.05, 0) is 6.92 Å². The molecule has 0 aliphatic heterocycles. The third-order valence-electron chi connectivity index (χ3n) is 1.43. The summed E-state index contributed by atoms with van der Waals surface area (Å²) in [7, 11) is 0. The summed E-state index contributed by atoms with van der Waals surface area (Å²) in [5, 5.41) is 0. The van der Waals surface area contributed by atoms with E-state index in [1.807, 2.05) is 0 Å². The lowest BCUT2D eigenvalue weighted by Gasteiger charge is -2.26. The van der Waals surface area contributed by atoms with Gasteiger partial charge in [-0.3, -0.25) is 0 Å². The Labute approximate surface area is 97.7 Å². The van der Waals surface area contributed by atoms with Crippen LogP contribution in [0.2, 0.25) is 0 Å². The Balaban J connectivity index is 4.66. The van der Waals surface area contributed by atoms with E-state index < -0.39 is 23.6 Å². The molecular formula is C10H12ClFO4.